The SMILES string of the molecule is CN(Cc1nnc(C2CC2)n1C)[C@@H]1CCN(C[C@@H]2CCOC2)C1. The number of ether oxygens (including phenoxy) is 1. The van der Waals surface area contributed by atoms with Gasteiger partial charge in [-0.3, -0.25) is 4.90 Å². The standard InChI is InChI=1S/C17H29N5O/c1-20(11-16-18-19-17(21(16)2)14-3-4-14)15-5-7-22(10-15)9-13-6-8-23-12-13/h13-15H,3-12H2,1-2H3/t13-,15+/m0/s1. The predicted molar refractivity (Wildman–Crippen MR) is 88.2 cm³/mol. The van der Waals surface area contributed by atoms with E-state index >= 15 is 0 Å². The summed E-state index contributed by atoms with van der Waals surface area (Å²) in [6.07, 6.45) is 5.06. The van der Waals surface area contributed by atoms with Gasteiger partial charge < -0.3 is 14.2 Å². The van der Waals surface area contributed by atoms with Crippen LogP contribution in [-0.2, 0) is 18.3 Å². The molecule has 2 aliphatic heterocycles. The molecule has 0 bridgehead atoms. The van der Waals surface area contributed by atoms with Gasteiger partial charge in [0.05, 0.1) is 13.2 Å². The van der Waals surface area contributed by atoms with Crippen molar-refractivity contribution in [3.05, 3.63) is 11.6 Å². The second-order valence-corrected chi connectivity index (χ2v) is 7.65. The van der Waals surface area contributed by atoms with Crippen LogP contribution in [0, 0.1) is 5.92 Å². The number of likely N-dealkylation sites (tertiary alicyclic amines) is 1. The Hall–Kier alpha value is -0.980. The van der Waals surface area contributed by atoms with Crippen LogP contribution in [0.5, 0.6) is 0 Å². The molecule has 0 unspecified atom stereocenters. The molecule has 3 aliphatic rings. The third-order valence-electron chi connectivity index (χ3n) is 5.74. The molecule has 1 saturated carbocycles. The summed E-state index contributed by atoms with van der Waals surface area (Å²) in [6, 6.07) is 0.637. The molecule has 2 atom stereocenters. The Morgan fingerprint density at radius 1 is 1.22 bits per heavy atom. The van der Waals surface area contributed by atoms with Crippen molar-refractivity contribution in [2.24, 2.45) is 13.0 Å². The molecule has 3 heterocycles. The molecule has 0 N–H and O–H groups in total. The maximum Gasteiger partial charge on any atom is 0.146 e. The minimum Gasteiger partial charge on any atom is -0.381 e. The minimum absolute atomic E-state index is 0.637. The summed E-state index contributed by atoms with van der Waals surface area (Å²) in [5.41, 5.74) is 0. The fourth-order valence-electron chi connectivity index (χ4n) is 3.99. The van der Waals surface area contributed by atoms with E-state index < -0.39 is 0 Å². The second-order valence-electron chi connectivity index (χ2n) is 7.65. The molecule has 2 saturated heterocycles. The van der Waals surface area contributed by atoms with Crippen LogP contribution in [-0.4, -0.2) is 70.5 Å². The Labute approximate surface area is 138 Å². The lowest BCUT2D eigenvalue weighted by molar-refractivity contribution is 0.168. The fourth-order valence-corrected chi connectivity index (χ4v) is 3.99. The van der Waals surface area contributed by atoms with Crippen LogP contribution in [0.4, 0.5) is 0 Å². The topological polar surface area (TPSA) is 46.4 Å². The van der Waals surface area contributed by atoms with Gasteiger partial charge in [0, 0.05) is 38.7 Å². The van der Waals surface area contributed by atoms with E-state index in [1.807, 2.05) is 0 Å². The first-order valence-corrected chi connectivity index (χ1v) is 9.09. The van der Waals surface area contributed by atoms with Crippen molar-refractivity contribution in [1.82, 2.24) is 24.6 Å². The largest absolute Gasteiger partial charge is 0.381 e. The fraction of sp³-hybridized carbons (Fsp3) is 0.882. The van der Waals surface area contributed by atoms with Crippen molar-refractivity contribution < 1.29 is 4.74 Å². The molecule has 4 rings (SSSR count). The van der Waals surface area contributed by atoms with Crippen molar-refractivity contribution in [2.75, 3.05) is 39.9 Å². The van der Waals surface area contributed by atoms with Gasteiger partial charge in [-0.1, -0.05) is 0 Å². The first-order chi connectivity index (χ1) is 11.2. The Kier molecular flexibility index (Phi) is 4.39. The van der Waals surface area contributed by atoms with Gasteiger partial charge in [0.1, 0.15) is 11.6 Å². The van der Waals surface area contributed by atoms with Gasteiger partial charge in [-0.15, -0.1) is 10.2 Å². The third kappa shape index (κ3) is 3.44. The predicted octanol–water partition coefficient (Wildman–Crippen LogP) is 1.24. The number of aromatic nitrogens is 3. The number of hydrogen-bond acceptors (Lipinski definition) is 5. The molecule has 0 amide bonds. The van der Waals surface area contributed by atoms with E-state index in [1.165, 1.54) is 51.1 Å². The molecule has 0 radical (unpaired) electrons. The Morgan fingerprint density at radius 2 is 2.09 bits per heavy atom. The molecule has 23 heavy (non-hydrogen) atoms. The molecule has 0 aromatic carbocycles. The van der Waals surface area contributed by atoms with Crippen molar-refractivity contribution in [1.29, 1.82) is 0 Å². The Morgan fingerprint density at radius 3 is 2.83 bits per heavy atom. The van der Waals surface area contributed by atoms with Gasteiger partial charge in [0.15, 0.2) is 0 Å². The molecule has 6 heteroatoms. The van der Waals surface area contributed by atoms with Crippen molar-refractivity contribution in [3.63, 3.8) is 0 Å². The highest BCUT2D eigenvalue weighted by atomic mass is 16.5. The highest BCUT2D eigenvalue weighted by molar-refractivity contribution is 5.07. The van der Waals surface area contributed by atoms with Crippen molar-refractivity contribution in [3.8, 4) is 0 Å². The Balaban J connectivity index is 1.30. The van der Waals surface area contributed by atoms with E-state index in [0.717, 1.165) is 31.5 Å². The number of hydrogen-bond donors (Lipinski definition) is 0. The van der Waals surface area contributed by atoms with Crippen LogP contribution in [0.25, 0.3) is 0 Å². The van der Waals surface area contributed by atoms with Crippen LogP contribution in [0.15, 0.2) is 0 Å². The highest BCUT2D eigenvalue weighted by Gasteiger charge is 2.31. The minimum atomic E-state index is 0.637. The van der Waals surface area contributed by atoms with Crippen LogP contribution in [0.2, 0.25) is 0 Å². The van der Waals surface area contributed by atoms with Crippen LogP contribution >= 0.6 is 0 Å². The van der Waals surface area contributed by atoms with Gasteiger partial charge in [-0.2, -0.15) is 0 Å². The third-order valence-corrected chi connectivity index (χ3v) is 5.74. The number of likely N-dealkylation sites (N-methyl/N-ethyl adjacent to an activating group) is 1. The van der Waals surface area contributed by atoms with Gasteiger partial charge >= 0.3 is 0 Å². The number of rotatable bonds is 6. The summed E-state index contributed by atoms with van der Waals surface area (Å²) >= 11 is 0. The summed E-state index contributed by atoms with van der Waals surface area (Å²) in [6.45, 7) is 6.43. The average molecular weight is 319 g/mol. The lowest BCUT2D eigenvalue weighted by Gasteiger charge is -2.25. The number of nitrogens with zero attached hydrogens (tertiary/aromatic N) is 5. The van der Waals surface area contributed by atoms with E-state index in [-0.39, 0.29) is 0 Å². The first-order valence-electron chi connectivity index (χ1n) is 9.09. The van der Waals surface area contributed by atoms with Gasteiger partial charge in [0.25, 0.3) is 0 Å². The zero-order valence-electron chi connectivity index (χ0n) is 14.4. The van der Waals surface area contributed by atoms with E-state index in [4.69, 9.17) is 4.74 Å². The molecule has 1 aliphatic carbocycles. The van der Waals surface area contributed by atoms with Crippen molar-refractivity contribution in [2.45, 2.75) is 44.2 Å². The average Bonchev–Trinajstić information content (AvgIpc) is 2.94. The molecular weight excluding hydrogens is 290 g/mol. The van der Waals surface area contributed by atoms with E-state index in [9.17, 15) is 0 Å². The molecule has 6 nitrogen and oxygen atoms in total. The highest BCUT2D eigenvalue weighted by Crippen LogP contribution is 2.38. The van der Waals surface area contributed by atoms with Crippen LogP contribution < -0.4 is 0 Å². The molecule has 3 fully saturated rings. The Bertz CT molecular complexity index is 535. The molecule has 128 valence electrons. The molecule has 1 aromatic rings. The smallest absolute Gasteiger partial charge is 0.146 e. The summed E-state index contributed by atoms with van der Waals surface area (Å²) in [5, 5.41) is 8.83. The first kappa shape index (κ1) is 15.5. The summed E-state index contributed by atoms with van der Waals surface area (Å²) in [4.78, 5) is 5.08. The zero-order valence-corrected chi connectivity index (χ0v) is 14.4. The monoisotopic (exact) mass is 319 g/mol. The van der Waals surface area contributed by atoms with Crippen LogP contribution in [0.3, 0.4) is 0 Å². The quantitative estimate of drug-likeness (QED) is 0.789. The normalized spacial score (nSPS) is 29.0. The molecular formula is C17H29N5O. The maximum absolute atomic E-state index is 5.51. The van der Waals surface area contributed by atoms with Gasteiger partial charge in [-0.05, 0) is 45.2 Å². The summed E-state index contributed by atoms with van der Waals surface area (Å²) < 4.78 is 7.72. The van der Waals surface area contributed by atoms with Gasteiger partial charge in [0.2, 0.25) is 0 Å². The lowest BCUT2D eigenvalue weighted by Crippen LogP contribution is -2.36. The maximum atomic E-state index is 5.51. The van der Waals surface area contributed by atoms with Crippen LogP contribution in [0.1, 0.15) is 43.3 Å². The molecule has 0 spiro atoms. The van der Waals surface area contributed by atoms with E-state index in [0.29, 0.717) is 12.0 Å². The van der Waals surface area contributed by atoms with E-state index in [1.54, 1.807) is 0 Å². The summed E-state index contributed by atoms with van der Waals surface area (Å²) in [7, 11) is 4.36. The van der Waals surface area contributed by atoms with Gasteiger partial charge in [-0.25, -0.2) is 0 Å². The second kappa shape index (κ2) is 6.49. The van der Waals surface area contributed by atoms with E-state index in [2.05, 4.69) is 38.7 Å². The lowest BCUT2D eigenvalue weighted by atomic mass is 10.1. The summed E-state index contributed by atoms with van der Waals surface area (Å²) in [5.74, 6) is 3.71. The van der Waals surface area contributed by atoms with Crippen molar-refractivity contribution >= 4 is 0 Å². The molecule has 1 aromatic heterocycles. The zero-order chi connectivity index (χ0) is 15.8.